The van der Waals surface area contributed by atoms with Crippen molar-refractivity contribution in [2.45, 2.75) is 53.9 Å². The van der Waals surface area contributed by atoms with E-state index >= 15 is 0 Å². The lowest BCUT2D eigenvalue weighted by Gasteiger charge is -2.12. The van der Waals surface area contributed by atoms with Crippen LogP contribution in [0.1, 0.15) is 75.3 Å². The van der Waals surface area contributed by atoms with E-state index in [2.05, 4.69) is 69.3 Å². The normalized spacial score (nSPS) is 11.5. The van der Waals surface area contributed by atoms with Gasteiger partial charge in [-0.05, 0) is 90.3 Å². The quantitative estimate of drug-likeness (QED) is 0.0677. The van der Waals surface area contributed by atoms with Crippen LogP contribution in [0.25, 0.3) is 27.8 Å². The Hall–Kier alpha value is -8.62. The van der Waals surface area contributed by atoms with Crippen LogP contribution < -0.4 is 0 Å². The standard InChI is InChI=1S/C18H18O2.3C12H14O2.C12H10/c1-14(16-11-7-4-8-12-16)17(18(19)20-2)13-15-9-5-3-6-10-15;3*1-9(10(2)12(13)14-3)11-7-5-4-6-8-11;1-3-7-11(8-4-1)12-9-5-2-6-10-12/h3-12H,13H2,1-2H3;2*4-8H,1-3H3;4-9H,2H2,1,3H3;1-10H/b17-14-;10-9+;10-9-;;. The third-order valence-corrected chi connectivity index (χ3v) is 12.0. The van der Waals surface area contributed by atoms with E-state index in [0.29, 0.717) is 28.7 Å². The molecule has 0 N–H and O–H groups in total. The van der Waals surface area contributed by atoms with Gasteiger partial charge in [-0.1, -0.05) is 226 Å². The summed E-state index contributed by atoms with van der Waals surface area (Å²) in [5.41, 5.74) is 13.2. The Bertz CT molecular complexity index is 2780. The van der Waals surface area contributed by atoms with Gasteiger partial charge in [0.2, 0.25) is 0 Å². The summed E-state index contributed by atoms with van der Waals surface area (Å²) in [7, 11) is 5.57. The molecule has 1 unspecified atom stereocenters. The molecule has 0 aromatic heterocycles. The highest BCUT2D eigenvalue weighted by molar-refractivity contribution is 5.98. The third-order valence-electron chi connectivity index (χ3n) is 12.0. The Morgan fingerprint density at radius 3 is 0.986 bits per heavy atom. The molecule has 0 fully saturated rings. The van der Waals surface area contributed by atoms with E-state index in [0.717, 1.165) is 44.5 Å². The first-order valence-corrected chi connectivity index (χ1v) is 24.1. The van der Waals surface area contributed by atoms with Crippen molar-refractivity contribution in [2.75, 3.05) is 28.4 Å². The maximum Gasteiger partial charge on any atom is 0.334 e. The van der Waals surface area contributed by atoms with E-state index in [9.17, 15) is 19.2 Å². The highest BCUT2D eigenvalue weighted by Gasteiger charge is 2.17. The molecule has 1 atom stereocenters. The smallest absolute Gasteiger partial charge is 0.334 e. The van der Waals surface area contributed by atoms with Crippen molar-refractivity contribution in [3.05, 3.63) is 269 Å². The molecule has 0 bridgehead atoms. The summed E-state index contributed by atoms with van der Waals surface area (Å²) < 4.78 is 18.9. The minimum Gasteiger partial charge on any atom is -0.466 e. The number of benzene rings is 7. The number of rotatable bonds is 12. The van der Waals surface area contributed by atoms with Gasteiger partial charge in [-0.25, -0.2) is 19.2 Å². The van der Waals surface area contributed by atoms with Gasteiger partial charge in [-0.15, -0.1) is 0 Å². The van der Waals surface area contributed by atoms with E-state index in [1.165, 1.54) is 39.6 Å². The van der Waals surface area contributed by atoms with E-state index in [-0.39, 0.29) is 29.8 Å². The van der Waals surface area contributed by atoms with Crippen molar-refractivity contribution in [3.63, 3.8) is 0 Å². The Morgan fingerprint density at radius 2 is 0.662 bits per heavy atom. The number of carbonyl (C=O) groups is 4. The predicted octanol–water partition coefficient (Wildman–Crippen LogP) is 15.1. The summed E-state index contributed by atoms with van der Waals surface area (Å²) in [6.45, 7) is 15.0. The molecule has 0 radical (unpaired) electrons. The molecule has 0 amide bonds. The van der Waals surface area contributed by atoms with Gasteiger partial charge in [0.25, 0.3) is 0 Å². The summed E-state index contributed by atoms with van der Waals surface area (Å²) in [6, 6.07) is 70.0. The van der Waals surface area contributed by atoms with Crippen molar-refractivity contribution in [3.8, 4) is 11.1 Å². The molecule has 7 aromatic carbocycles. The molecule has 0 aliphatic carbocycles. The molecule has 382 valence electrons. The molecular weight excluding hydrogens is 921 g/mol. The van der Waals surface area contributed by atoms with Crippen LogP contribution >= 0.6 is 0 Å². The number of esters is 4. The highest BCUT2D eigenvalue weighted by atomic mass is 16.5. The minimum absolute atomic E-state index is 0.00338. The molecule has 0 saturated heterocycles. The van der Waals surface area contributed by atoms with Gasteiger partial charge in [-0.2, -0.15) is 0 Å². The topological polar surface area (TPSA) is 105 Å². The lowest BCUT2D eigenvalue weighted by Crippen LogP contribution is -2.09. The van der Waals surface area contributed by atoms with Crippen LogP contribution in [-0.2, 0) is 44.5 Å². The Morgan fingerprint density at radius 1 is 0.378 bits per heavy atom. The van der Waals surface area contributed by atoms with Crippen LogP contribution in [0.3, 0.4) is 0 Å². The second kappa shape index (κ2) is 33.1. The first-order chi connectivity index (χ1) is 35.7. The number of allylic oxidation sites excluding steroid dienone is 3. The molecule has 8 heteroatoms. The average Bonchev–Trinajstić information content (AvgIpc) is 3.48. The summed E-state index contributed by atoms with van der Waals surface area (Å²) in [4.78, 5) is 45.7. The Labute approximate surface area is 439 Å². The molecule has 0 aliphatic rings. The van der Waals surface area contributed by atoms with Crippen molar-refractivity contribution < 1.29 is 38.1 Å². The van der Waals surface area contributed by atoms with Crippen molar-refractivity contribution >= 4 is 40.6 Å². The minimum atomic E-state index is -0.346. The van der Waals surface area contributed by atoms with Gasteiger partial charge < -0.3 is 18.9 Å². The predicted molar refractivity (Wildman–Crippen MR) is 303 cm³/mol. The number of methoxy groups -OCH3 is 4. The first kappa shape index (κ1) is 59.7. The molecule has 74 heavy (non-hydrogen) atoms. The van der Waals surface area contributed by atoms with Gasteiger partial charge in [0, 0.05) is 34.6 Å². The molecule has 0 saturated carbocycles. The van der Waals surface area contributed by atoms with Crippen LogP contribution in [0.2, 0.25) is 0 Å². The van der Waals surface area contributed by atoms with Crippen molar-refractivity contribution in [1.82, 2.24) is 0 Å². The maximum atomic E-state index is 12.1. The molecule has 0 aliphatic heterocycles. The zero-order valence-electron chi connectivity index (χ0n) is 44.5. The van der Waals surface area contributed by atoms with Crippen LogP contribution in [0, 0.1) is 0 Å². The first-order valence-electron chi connectivity index (χ1n) is 24.1. The third kappa shape index (κ3) is 19.9. The average molecular weight is 991 g/mol. The van der Waals surface area contributed by atoms with E-state index < -0.39 is 0 Å². The maximum absolute atomic E-state index is 12.1. The van der Waals surface area contributed by atoms with Gasteiger partial charge in [0.05, 0.1) is 28.4 Å². The SMILES string of the molecule is C=C(C(=O)OC)C(C)c1ccccc1.COC(=O)/C(C)=C(/C)c1ccccc1.COC(=O)/C(C)=C(\C)c1ccccc1.COC(=O)/C(Cc1ccccc1)=C(/C)c1ccccc1.c1ccc(-c2ccccc2)cc1. The van der Waals surface area contributed by atoms with Crippen LogP contribution in [0.15, 0.2) is 241 Å². The number of ether oxygens (including phenoxy) is 4. The van der Waals surface area contributed by atoms with Gasteiger partial charge >= 0.3 is 23.9 Å². The van der Waals surface area contributed by atoms with E-state index in [1.54, 1.807) is 13.8 Å². The zero-order chi connectivity index (χ0) is 54.3. The second-order valence-electron chi connectivity index (χ2n) is 16.7. The molecule has 7 rings (SSSR count). The summed E-state index contributed by atoms with van der Waals surface area (Å²) in [6.07, 6.45) is 0.578. The molecular formula is C66H70O8. The van der Waals surface area contributed by atoms with Crippen LogP contribution in [0.4, 0.5) is 0 Å². The van der Waals surface area contributed by atoms with Crippen LogP contribution in [0.5, 0.6) is 0 Å². The Balaban J connectivity index is 0.000000247. The van der Waals surface area contributed by atoms with E-state index in [4.69, 9.17) is 4.74 Å². The van der Waals surface area contributed by atoms with Crippen molar-refractivity contribution in [2.24, 2.45) is 0 Å². The van der Waals surface area contributed by atoms with Crippen LogP contribution in [-0.4, -0.2) is 52.3 Å². The monoisotopic (exact) mass is 991 g/mol. The summed E-state index contributed by atoms with van der Waals surface area (Å²) in [5.74, 6) is -1.15. The molecule has 7 aromatic rings. The largest absolute Gasteiger partial charge is 0.466 e. The summed E-state index contributed by atoms with van der Waals surface area (Å²) >= 11 is 0. The molecule has 0 spiro atoms. The van der Waals surface area contributed by atoms with Gasteiger partial charge in [-0.3, -0.25) is 0 Å². The van der Waals surface area contributed by atoms with E-state index in [1.807, 2.05) is 191 Å². The molecule has 8 nitrogen and oxygen atoms in total. The van der Waals surface area contributed by atoms with Gasteiger partial charge in [0.15, 0.2) is 0 Å². The fourth-order valence-corrected chi connectivity index (χ4v) is 7.08. The van der Waals surface area contributed by atoms with Gasteiger partial charge in [0.1, 0.15) is 0 Å². The lowest BCUT2D eigenvalue weighted by atomic mass is 9.94. The second-order valence-corrected chi connectivity index (χ2v) is 16.7. The fraction of sp³-hybridized carbons (Fsp3) is 0.182. The Kier molecular flexibility index (Phi) is 26.7. The zero-order valence-corrected chi connectivity index (χ0v) is 44.5. The molecule has 0 heterocycles. The lowest BCUT2D eigenvalue weighted by molar-refractivity contribution is -0.137. The number of hydrogen-bond acceptors (Lipinski definition) is 8. The number of carbonyl (C=O) groups excluding carboxylic acids is 4. The van der Waals surface area contributed by atoms with Crippen molar-refractivity contribution in [1.29, 1.82) is 0 Å². The summed E-state index contributed by atoms with van der Waals surface area (Å²) in [5, 5.41) is 0. The highest BCUT2D eigenvalue weighted by Crippen LogP contribution is 2.25. The number of hydrogen-bond donors (Lipinski definition) is 0. The fourth-order valence-electron chi connectivity index (χ4n) is 7.08.